The zero-order chi connectivity index (χ0) is 24.4. The summed E-state index contributed by atoms with van der Waals surface area (Å²) in [4.78, 5) is 21.6. The van der Waals surface area contributed by atoms with Gasteiger partial charge in [-0.3, -0.25) is 4.79 Å². The van der Waals surface area contributed by atoms with Gasteiger partial charge in [-0.25, -0.2) is 18.4 Å². The molecule has 0 bridgehead atoms. The number of nitrogens with zero attached hydrogens (tertiary/aromatic N) is 3. The number of aliphatic hydroxyl groups excluding tert-OH is 2. The van der Waals surface area contributed by atoms with Crippen molar-refractivity contribution in [2.75, 3.05) is 25.4 Å². The van der Waals surface area contributed by atoms with Crippen molar-refractivity contribution < 1.29 is 32.7 Å². The van der Waals surface area contributed by atoms with Gasteiger partial charge in [-0.15, -0.1) is 0 Å². The molecule has 2 saturated heterocycles. The van der Waals surface area contributed by atoms with Crippen LogP contribution in [0.5, 0.6) is 0 Å². The molecule has 2 aliphatic rings. The Morgan fingerprint density at radius 2 is 1.73 bits per heavy atom. The van der Waals surface area contributed by atoms with Crippen molar-refractivity contribution in [3.63, 3.8) is 0 Å². The first-order valence-corrected chi connectivity index (χ1v) is 13.0. The van der Waals surface area contributed by atoms with Crippen LogP contribution in [-0.2, 0) is 23.9 Å². The van der Waals surface area contributed by atoms with E-state index in [0.29, 0.717) is 30.9 Å². The highest BCUT2D eigenvalue weighted by molar-refractivity contribution is 7.91. The lowest BCUT2D eigenvalue weighted by Crippen LogP contribution is -2.45. The average molecular weight is 483 g/mol. The van der Waals surface area contributed by atoms with Crippen molar-refractivity contribution in [2.45, 2.75) is 75.8 Å². The lowest BCUT2D eigenvalue weighted by Gasteiger charge is -2.33. The summed E-state index contributed by atoms with van der Waals surface area (Å²) in [5.41, 5.74) is -0.449. The molecule has 0 radical (unpaired) electrons. The summed E-state index contributed by atoms with van der Waals surface area (Å²) >= 11 is 0. The normalized spacial score (nSPS) is 21.9. The predicted molar refractivity (Wildman–Crippen MR) is 121 cm³/mol. The first-order chi connectivity index (χ1) is 15.4. The van der Waals surface area contributed by atoms with Gasteiger partial charge < -0.3 is 24.4 Å². The summed E-state index contributed by atoms with van der Waals surface area (Å²) in [6.45, 7) is 8.16. The molecule has 1 atom stereocenters. The van der Waals surface area contributed by atoms with Gasteiger partial charge in [0, 0.05) is 30.9 Å². The van der Waals surface area contributed by atoms with Gasteiger partial charge in [0.15, 0.2) is 6.10 Å². The van der Waals surface area contributed by atoms with Crippen LogP contribution in [0.25, 0.3) is 0 Å². The van der Waals surface area contributed by atoms with Gasteiger partial charge in [-0.05, 0) is 59.3 Å². The Labute approximate surface area is 195 Å². The van der Waals surface area contributed by atoms with Crippen LogP contribution < -0.4 is 5.46 Å². The molecule has 33 heavy (non-hydrogen) atoms. The maximum absolute atomic E-state index is 12.7. The molecule has 2 aliphatic heterocycles. The molecule has 10 nitrogen and oxygen atoms in total. The molecule has 1 aromatic heterocycles. The average Bonchev–Trinajstić information content (AvgIpc) is 3.00. The number of aromatic nitrogens is 2. The van der Waals surface area contributed by atoms with Crippen molar-refractivity contribution in [2.24, 2.45) is 5.92 Å². The standard InChI is InChI=1S/C21H34BN3O7S/c1-20(2)21(3,4)32-22(31-20)16-12-23-19(24-13-16)33(29,30)11-5-6-15-7-9-25(10-8-15)18(28)17(27)14-26/h12-13,15,17,26-27H,5-11,14H2,1-4H3/t17-/m1/s1. The van der Waals surface area contributed by atoms with Gasteiger partial charge in [-0.2, -0.15) is 0 Å². The topological polar surface area (TPSA) is 139 Å². The molecule has 0 unspecified atom stereocenters. The molecule has 2 N–H and O–H groups in total. The van der Waals surface area contributed by atoms with Gasteiger partial charge >= 0.3 is 7.12 Å². The molecule has 1 aromatic rings. The van der Waals surface area contributed by atoms with Crippen molar-refractivity contribution in [3.8, 4) is 0 Å². The first-order valence-electron chi connectivity index (χ1n) is 11.3. The molecule has 3 heterocycles. The van der Waals surface area contributed by atoms with Gasteiger partial charge in [0.2, 0.25) is 15.0 Å². The van der Waals surface area contributed by atoms with Crippen molar-refractivity contribution in [1.82, 2.24) is 14.9 Å². The van der Waals surface area contributed by atoms with Gasteiger partial charge in [0.1, 0.15) is 0 Å². The quantitative estimate of drug-likeness (QED) is 0.384. The Morgan fingerprint density at radius 1 is 1.18 bits per heavy atom. The van der Waals surface area contributed by atoms with E-state index in [4.69, 9.17) is 14.4 Å². The third-order valence-electron chi connectivity index (χ3n) is 6.86. The number of sulfone groups is 1. The van der Waals surface area contributed by atoms with Gasteiger partial charge in [0.05, 0.1) is 23.6 Å². The smallest absolute Gasteiger partial charge is 0.399 e. The predicted octanol–water partition coefficient (Wildman–Crippen LogP) is -0.0785. The fourth-order valence-electron chi connectivity index (χ4n) is 3.97. The second-order valence-electron chi connectivity index (χ2n) is 9.82. The molecule has 12 heteroatoms. The molecule has 184 valence electrons. The highest BCUT2D eigenvalue weighted by atomic mass is 32.2. The third kappa shape index (κ3) is 5.91. The minimum Gasteiger partial charge on any atom is -0.399 e. The van der Waals surface area contributed by atoms with Crippen molar-refractivity contribution in [1.29, 1.82) is 0 Å². The molecular weight excluding hydrogens is 449 g/mol. The molecule has 1 amide bonds. The van der Waals surface area contributed by atoms with E-state index in [-0.39, 0.29) is 10.9 Å². The van der Waals surface area contributed by atoms with E-state index in [9.17, 15) is 18.3 Å². The number of amides is 1. The van der Waals surface area contributed by atoms with E-state index >= 15 is 0 Å². The van der Waals surface area contributed by atoms with Gasteiger partial charge in [0.25, 0.3) is 5.91 Å². The van der Waals surface area contributed by atoms with Crippen LogP contribution in [-0.4, -0.2) is 89.3 Å². The Hall–Kier alpha value is -1.60. The number of carbonyl (C=O) groups is 1. The number of piperidine rings is 1. The highest BCUT2D eigenvalue weighted by Gasteiger charge is 2.52. The Balaban J connectivity index is 1.48. The van der Waals surface area contributed by atoms with Crippen LogP contribution in [0.1, 0.15) is 53.4 Å². The van der Waals surface area contributed by atoms with Crippen LogP contribution in [0.2, 0.25) is 0 Å². The van der Waals surface area contributed by atoms with Crippen LogP contribution in [0, 0.1) is 5.92 Å². The Kier molecular flexibility index (Phi) is 7.84. The Bertz CT molecular complexity index is 916. The summed E-state index contributed by atoms with van der Waals surface area (Å²) in [5, 5.41) is 18.2. The molecule has 3 rings (SSSR count). The van der Waals surface area contributed by atoms with Gasteiger partial charge in [-0.1, -0.05) is 0 Å². The molecular formula is C21H34BN3O7S. The van der Waals surface area contributed by atoms with Crippen molar-refractivity contribution >= 4 is 28.3 Å². The zero-order valence-electron chi connectivity index (χ0n) is 19.7. The largest absolute Gasteiger partial charge is 0.498 e. The SMILES string of the molecule is CC1(C)OB(c2cnc(S(=O)(=O)CCCC3CCN(C(=O)[C@H](O)CO)CC3)nc2)OC1(C)C. The van der Waals surface area contributed by atoms with E-state index in [2.05, 4.69) is 9.97 Å². The maximum atomic E-state index is 12.7. The molecule has 2 fully saturated rings. The van der Waals surface area contributed by atoms with Crippen LogP contribution in [0.4, 0.5) is 0 Å². The lowest BCUT2D eigenvalue weighted by molar-refractivity contribution is -0.143. The highest BCUT2D eigenvalue weighted by Crippen LogP contribution is 2.36. The number of aliphatic hydroxyl groups is 2. The summed E-state index contributed by atoms with van der Waals surface area (Å²) in [7, 11) is -4.27. The molecule has 0 saturated carbocycles. The first kappa shape index (κ1) is 26.0. The van der Waals surface area contributed by atoms with E-state index in [1.54, 1.807) is 4.90 Å². The van der Waals surface area contributed by atoms with E-state index in [1.165, 1.54) is 12.4 Å². The zero-order valence-corrected chi connectivity index (χ0v) is 20.5. The maximum Gasteiger partial charge on any atom is 0.498 e. The molecule has 0 aromatic carbocycles. The fraction of sp³-hybridized carbons (Fsp3) is 0.762. The number of likely N-dealkylation sites (tertiary alicyclic amines) is 1. The fourth-order valence-corrected chi connectivity index (χ4v) is 5.13. The lowest BCUT2D eigenvalue weighted by atomic mass is 9.81. The summed E-state index contributed by atoms with van der Waals surface area (Å²) in [5.74, 6) is -0.201. The van der Waals surface area contributed by atoms with E-state index < -0.39 is 46.8 Å². The minimum atomic E-state index is -3.62. The molecule has 0 spiro atoms. The summed E-state index contributed by atoms with van der Waals surface area (Å²) in [6.07, 6.45) is 4.18. The van der Waals surface area contributed by atoms with Crippen LogP contribution in [0.15, 0.2) is 17.6 Å². The Morgan fingerprint density at radius 3 is 2.24 bits per heavy atom. The minimum absolute atomic E-state index is 0.0504. The second-order valence-corrected chi connectivity index (χ2v) is 11.8. The van der Waals surface area contributed by atoms with E-state index in [1.807, 2.05) is 27.7 Å². The van der Waals surface area contributed by atoms with Crippen LogP contribution in [0.3, 0.4) is 0 Å². The summed E-state index contributed by atoms with van der Waals surface area (Å²) in [6, 6.07) is 0. The molecule has 0 aliphatic carbocycles. The third-order valence-corrected chi connectivity index (χ3v) is 8.45. The number of rotatable bonds is 8. The van der Waals surface area contributed by atoms with Crippen LogP contribution >= 0.6 is 0 Å². The number of hydrogen-bond donors (Lipinski definition) is 2. The van der Waals surface area contributed by atoms with Crippen molar-refractivity contribution in [3.05, 3.63) is 12.4 Å². The summed E-state index contributed by atoms with van der Waals surface area (Å²) < 4.78 is 37.2. The monoisotopic (exact) mass is 483 g/mol. The number of carbonyl (C=O) groups excluding carboxylic acids is 1. The number of hydrogen-bond acceptors (Lipinski definition) is 9. The second kappa shape index (κ2) is 9.95. The van der Waals surface area contributed by atoms with E-state index in [0.717, 1.165) is 19.3 Å².